The number of rotatable bonds is 6. The van der Waals surface area contributed by atoms with Crippen LogP contribution < -0.4 is 14.4 Å². The van der Waals surface area contributed by atoms with Crippen molar-refractivity contribution in [3.63, 3.8) is 0 Å². The average molecular weight is 646 g/mol. The van der Waals surface area contributed by atoms with Crippen molar-refractivity contribution in [2.24, 2.45) is 17.8 Å². The van der Waals surface area contributed by atoms with Crippen molar-refractivity contribution in [2.45, 2.75) is 25.7 Å². The van der Waals surface area contributed by atoms with Crippen LogP contribution in [0.3, 0.4) is 0 Å². The van der Waals surface area contributed by atoms with Crippen molar-refractivity contribution in [1.82, 2.24) is 0 Å². The lowest BCUT2D eigenvalue weighted by atomic mass is 9.59. The maximum absolute atomic E-state index is 14.7. The van der Waals surface area contributed by atoms with E-state index in [-0.39, 0.29) is 52.9 Å². The van der Waals surface area contributed by atoms with Crippen LogP contribution >= 0.6 is 0 Å². The van der Waals surface area contributed by atoms with Crippen LogP contribution in [0, 0.1) is 23.6 Å². The number of ketones is 2. The number of phenolic OH excluding ortho intramolecular Hbond substituents is 1. The van der Waals surface area contributed by atoms with E-state index in [1.807, 2.05) is 48.6 Å². The Bertz CT molecular complexity index is 2040. The molecule has 0 saturated carbocycles. The first-order valence-corrected chi connectivity index (χ1v) is 15.7. The van der Waals surface area contributed by atoms with Crippen LogP contribution in [0.25, 0.3) is 12.2 Å². The molecule has 0 radical (unpaired) electrons. The lowest BCUT2D eigenvalue weighted by Crippen LogP contribution is -2.39. The van der Waals surface area contributed by atoms with Gasteiger partial charge in [0.05, 0.1) is 31.7 Å². The molecule has 3 aliphatic carbocycles. The highest BCUT2D eigenvalue weighted by molar-refractivity contribution is 6.25. The van der Waals surface area contributed by atoms with Crippen molar-refractivity contribution >= 4 is 41.2 Å². The molecule has 0 unspecified atom stereocenters. The van der Waals surface area contributed by atoms with E-state index in [1.165, 1.54) is 29.2 Å². The first-order chi connectivity index (χ1) is 23.1. The number of imide groups is 1. The summed E-state index contributed by atoms with van der Waals surface area (Å²) in [6, 6.07) is 16.5. The largest absolute Gasteiger partial charge is 0.505 e. The molecule has 0 bridgehead atoms. The highest BCUT2D eigenvalue weighted by Gasteiger charge is 2.56. The summed E-state index contributed by atoms with van der Waals surface area (Å²) in [5, 5.41) is 9.87. The highest BCUT2D eigenvalue weighted by Crippen LogP contribution is 2.55. The van der Waals surface area contributed by atoms with Gasteiger partial charge >= 0.3 is 0 Å². The van der Waals surface area contributed by atoms with Gasteiger partial charge in [-0.3, -0.25) is 24.1 Å². The number of hydrogen-bond acceptors (Lipinski definition) is 7. The van der Waals surface area contributed by atoms with Gasteiger partial charge in [0.15, 0.2) is 23.1 Å². The molecule has 4 aliphatic rings. The fourth-order valence-corrected chi connectivity index (χ4v) is 7.59. The third-order valence-electron chi connectivity index (χ3n) is 9.91. The Kier molecular flexibility index (Phi) is 7.70. The van der Waals surface area contributed by atoms with Crippen molar-refractivity contribution < 1.29 is 38.1 Å². The Labute approximate surface area is 276 Å². The van der Waals surface area contributed by atoms with Gasteiger partial charge in [-0.2, -0.15) is 0 Å². The van der Waals surface area contributed by atoms with Gasteiger partial charge in [-0.25, -0.2) is 4.39 Å². The molecule has 9 heteroatoms. The molecule has 242 valence electrons. The molecule has 3 aromatic carbocycles. The van der Waals surface area contributed by atoms with Crippen LogP contribution in [0.1, 0.15) is 42.4 Å². The summed E-state index contributed by atoms with van der Waals surface area (Å²) in [5.41, 5.74) is 4.05. The number of anilines is 1. The first-order valence-electron chi connectivity index (χ1n) is 15.7. The maximum Gasteiger partial charge on any atom is 0.238 e. The van der Waals surface area contributed by atoms with Crippen LogP contribution in [0.4, 0.5) is 10.1 Å². The molecule has 1 aliphatic heterocycles. The standard InChI is InChI=1S/C39H32FNO7/c1-20-16-32(43)29-19-28-26(34(36(29)37(20)44)23-8-14-31(42)30(40)18-23)12-13-27-35(28)39(46)41(38(27)45)24-9-5-21(6-10-24)4-7-22-17-25(47-2)11-15-33(22)48-3/h4-12,14-18,27-28,34-35,42H,13,19H2,1-3H3/t27-,28+,34-,35-/m0/s1. The van der Waals surface area contributed by atoms with Crippen LogP contribution in [0.2, 0.25) is 0 Å². The molecule has 4 atom stereocenters. The van der Waals surface area contributed by atoms with Crippen LogP contribution in [-0.2, 0) is 19.2 Å². The molecule has 48 heavy (non-hydrogen) atoms. The first kappa shape index (κ1) is 31.1. The Morgan fingerprint density at radius 3 is 2.38 bits per heavy atom. The number of nitrogens with zero attached hydrogens (tertiary/aromatic N) is 1. The number of benzene rings is 3. The van der Waals surface area contributed by atoms with E-state index >= 15 is 0 Å². The van der Waals surface area contributed by atoms with E-state index in [2.05, 4.69) is 0 Å². The Morgan fingerprint density at radius 2 is 1.67 bits per heavy atom. The van der Waals surface area contributed by atoms with E-state index in [0.717, 1.165) is 11.1 Å². The zero-order valence-electron chi connectivity index (χ0n) is 26.5. The van der Waals surface area contributed by atoms with Gasteiger partial charge in [-0.05, 0) is 85.4 Å². The van der Waals surface area contributed by atoms with Crippen LogP contribution in [0.5, 0.6) is 17.2 Å². The molecule has 3 aromatic rings. The Morgan fingerprint density at radius 1 is 0.896 bits per heavy atom. The number of carbonyl (C=O) groups excluding carboxylic acids is 4. The third kappa shape index (κ3) is 4.97. The molecular weight excluding hydrogens is 613 g/mol. The van der Waals surface area contributed by atoms with Crippen molar-refractivity contribution in [3.8, 4) is 17.2 Å². The topological polar surface area (TPSA) is 110 Å². The number of allylic oxidation sites excluding steroid dienone is 6. The summed E-state index contributed by atoms with van der Waals surface area (Å²) >= 11 is 0. The SMILES string of the molecule is COc1ccc(OC)c(C=Cc2ccc(N3C(=O)[C@H]4[C@H](CC=C5[C@H](c6ccc(O)c(F)c6)C6=C(C[C@H]54)C(=O)C=C(C)C6=O)C3=O)cc2)c1. The smallest absolute Gasteiger partial charge is 0.238 e. The summed E-state index contributed by atoms with van der Waals surface area (Å²) in [5.74, 6) is -4.07. The second kappa shape index (κ2) is 11.9. The molecule has 1 heterocycles. The number of carbonyl (C=O) groups is 4. The van der Waals surface area contributed by atoms with Crippen molar-refractivity contribution in [2.75, 3.05) is 19.1 Å². The normalized spacial score (nSPS) is 23.5. The van der Waals surface area contributed by atoms with Crippen LogP contribution in [0.15, 0.2) is 95.1 Å². The average Bonchev–Trinajstić information content (AvgIpc) is 3.35. The molecule has 1 saturated heterocycles. The van der Waals surface area contributed by atoms with Gasteiger partial charge < -0.3 is 14.6 Å². The van der Waals surface area contributed by atoms with Crippen molar-refractivity contribution in [1.29, 1.82) is 0 Å². The van der Waals surface area contributed by atoms with Gasteiger partial charge in [0, 0.05) is 28.2 Å². The molecule has 0 spiro atoms. The number of fused-ring (bicyclic) bond motifs is 3. The van der Waals surface area contributed by atoms with Gasteiger partial charge in [0.25, 0.3) is 0 Å². The van der Waals surface area contributed by atoms with Gasteiger partial charge in [0.1, 0.15) is 11.5 Å². The number of aromatic hydroxyl groups is 1. The monoisotopic (exact) mass is 645 g/mol. The molecule has 7 rings (SSSR count). The van der Waals surface area contributed by atoms with Crippen molar-refractivity contribution in [3.05, 3.63) is 118 Å². The Hall–Kier alpha value is -5.57. The zero-order chi connectivity index (χ0) is 33.9. The van der Waals surface area contributed by atoms with Gasteiger partial charge in [-0.15, -0.1) is 0 Å². The molecule has 2 amide bonds. The van der Waals surface area contributed by atoms with Gasteiger partial charge in [0.2, 0.25) is 11.8 Å². The predicted octanol–water partition coefficient (Wildman–Crippen LogP) is 6.35. The summed E-state index contributed by atoms with van der Waals surface area (Å²) in [4.78, 5) is 56.1. The second-order valence-electron chi connectivity index (χ2n) is 12.5. The molecule has 1 fully saturated rings. The molecule has 1 N–H and O–H groups in total. The fourth-order valence-electron chi connectivity index (χ4n) is 7.59. The molecular formula is C39H32FNO7. The predicted molar refractivity (Wildman–Crippen MR) is 177 cm³/mol. The van der Waals surface area contributed by atoms with E-state index in [0.29, 0.717) is 28.3 Å². The number of hydrogen-bond donors (Lipinski definition) is 1. The quantitative estimate of drug-likeness (QED) is 0.144. The van der Waals surface area contributed by atoms with Gasteiger partial charge in [-0.1, -0.05) is 42.0 Å². The lowest BCUT2D eigenvalue weighted by Gasteiger charge is -2.42. The summed E-state index contributed by atoms with van der Waals surface area (Å²) in [7, 11) is 3.18. The van der Waals surface area contributed by atoms with Crippen LogP contribution in [-0.4, -0.2) is 42.7 Å². The number of Topliss-reactive ketones (excluding diaryl/α,β-unsaturated/α-hetero) is 1. The summed E-state index contributed by atoms with van der Waals surface area (Å²) in [6.45, 7) is 1.57. The van der Waals surface area contributed by atoms with E-state index < -0.39 is 35.2 Å². The zero-order valence-corrected chi connectivity index (χ0v) is 26.5. The number of halogens is 1. The minimum atomic E-state index is -0.855. The number of amides is 2. The number of phenols is 1. The summed E-state index contributed by atoms with van der Waals surface area (Å²) < 4.78 is 25.4. The molecule has 8 nitrogen and oxygen atoms in total. The fraction of sp³-hybridized carbons (Fsp3) is 0.231. The molecule has 0 aromatic heterocycles. The second-order valence-corrected chi connectivity index (χ2v) is 12.5. The minimum absolute atomic E-state index is 0.123. The third-order valence-corrected chi connectivity index (χ3v) is 9.91. The van der Waals surface area contributed by atoms with E-state index in [9.17, 15) is 28.7 Å². The summed E-state index contributed by atoms with van der Waals surface area (Å²) in [6.07, 6.45) is 7.35. The van der Waals surface area contributed by atoms with E-state index in [4.69, 9.17) is 9.47 Å². The van der Waals surface area contributed by atoms with E-state index in [1.54, 1.807) is 33.3 Å². The Balaban J connectivity index is 1.21. The maximum atomic E-state index is 14.7. The number of methoxy groups -OCH3 is 2. The highest BCUT2D eigenvalue weighted by atomic mass is 19.1. The lowest BCUT2D eigenvalue weighted by molar-refractivity contribution is -0.123. The minimum Gasteiger partial charge on any atom is -0.505 e. The number of ether oxygens (including phenoxy) is 2.